The molecule has 0 saturated heterocycles. The Hall–Kier alpha value is -5.50. The van der Waals surface area contributed by atoms with E-state index >= 15 is 0 Å². The molecule has 1 atom stereocenters. The van der Waals surface area contributed by atoms with Crippen molar-refractivity contribution < 1.29 is 33.0 Å². The molecule has 0 saturated carbocycles. The lowest BCUT2D eigenvalue weighted by Gasteiger charge is -2.42. The van der Waals surface area contributed by atoms with Crippen LogP contribution in [-0.2, 0) is 42.5 Å². The standard InChI is InChI=1S/C36H30FNO6/c1-42-30-22-31(38(23-25-12-6-3-7-13-25)24-26-14-8-4-9-15-26)36(28-18-20-29(37)21-19-28,33(39)32(30)35(41)43-2)44-34(40)27-16-10-5-11-17-27/h3-22H,23-24H2,1-2H3. The molecular formula is C36H30FNO6. The Balaban J connectivity index is 1.80. The molecule has 0 bridgehead atoms. The molecule has 4 aromatic rings. The Morgan fingerprint density at radius 3 is 1.75 bits per heavy atom. The zero-order valence-electron chi connectivity index (χ0n) is 24.2. The Morgan fingerprint density at radius 1 is 0.727 bits per heavy atom. The second-order valence-electron chi connectivity index (χ2n) is 10.1. The van der Waals surface area contributed by atoms with Gasteiger partial charge in [0.1, 0.15) is 17.1 Å². The lowest BCUT2D eigenvalue weighted by molar-refractivity contribution is -0.143. The highest BCUT2D eigenvalue weighted by Gasteiger charge is 2.56. The van der Waals surface area contributed by atoms with Crippen LogP contribution < -0.4 is 0 Å². The van der Waals surface area contributed by atoms with Gasteiger partial charge in [-0.25, -0.2) is 14.0 Å². The highest BCUT2D eigenvalue weighted by molar-refractivity contribution is 6.23. The Kier molecular flexibility index (Phi) is 9.00. The molecule has 0 fully saturated rings. The van der Waals surface area contributed by atoms with Crippen molar-refractivity contribution in [2.24, 2.45) is 0 Å². The first-order valence-electron chi connectivity index (χ1n) is 13.9. The predicted octanol–water partition coefficient (Wildman–Crippen LogP) is 6.12. The SMILES string of the molecule is COC(=O)C1=C(OC)C=C(N(Cc2ccccc2)Cc2ccccc2)C(OC(=O)c2ccccc2)(c2ccc(F)cc2)C1=O. The number of nitrogens with zero attached hydrogens (tertiary/aromatic N) is 1. The van der Waals surface area contributed by atoms with E-state index in [1.54, 1.807) is 30.3 Å². The summed E-state index contributed by atoms with van der Waals surface area (Å²) in [5, 5.41) is 0. The van der Waals surface area contributed by atoms with Crippen molar-refractivity contribution in [3.63, 3.8) is 0 Å². The van der Waals surface area contributed by atoms with Crippen LogP contribution in [0.4, 0.5) is 4.39 Å². The fourth-order valence-electron chi connectivity index (χ4n) is 5.20. The highest BCUT2D eigenvalue weighted by atomic mass is 19.1. The minimum absolute atomic E-state index is 0.0588. The summed E-state index contributed by atoms with van der Waals surface area (Å²) >= 11 is 0. The Bertz CT molecular complexity index is 1660. The van der Waals surface area contributed by atoms with Gasteiger partial charge in [0.25, 0.3) is 0 Å². The molecule has 0 radical (unpaired) electrons. The first-order chi connectivity index (χ1) is 21.4. The summed E-state index contributed by atoms with van der Waals surface area (Å²) in [6, 6.07) is 32.4. The van der Waals surface area contributed by atoms with E-state index in [2.05, 4.69) is 0 Å². The summed E-state index contributed by atoms with van der Waals surface area (Å²) in [6.07, 6.45) is 1.52. The van der Waals surface area contributed by atoms with Crippen LogP contribution >= 0.6 is 0 Å². The summed E-state index contributed by atoms with van der Waals surface area (Å²) in [7, 11) is 2.47. The largest absolute Gasteiger partial charge is 0.496 e. The topological polar surface area (TPSA) is 82.1 Å². The molecule has 1 aliphatic carbocycles. The molecule has 222 valence electrons. The van der Waals surface area contributed by atoms with Gasteiger partial charge in [-0.3, -0.25) is 4.79 Å². The van der Waals surface area contributed by atoms with E-state index in [9.17, 15) is 18.8 Å². The average Bonchev–Trinajstić information content (AvgIpc) is 3.06. The van der Waals surface area contributed by atoms with Gasteiger partial charge < -0.3 is 19.1 Å². The second-order valence-corrected chi connectivity index (χ2v) is 10.1. The van der Waals surface area contributed by atoms with Crippen LogP contribution in [0.2, 0.25) is 0 Å². The zero-order valence-corrected chi connectivity index (χ0v) is 24.2. The molecule has 4 aromatic carbocycles. The van der Waals surface area contributed by atoms with Gasteiger partial charge in [0.05, 0.1) is 25.5 Å². The predicted molar refractivity (Wildman–Crippen MR) is 161 cm³/mol. The molecule has 7 nitrogen and oxygen atoms in total. The number of allylic oxidation sites excluding steroid dienone is 1. The number of carbonyl (C=O) groups excluding carboxylic acids is 3. The van der Waals surface area contributed by atoms with Gasteiger partial charge in [-0.15, -0.1) is 0 Å². The van der Waals surface area contributed by atoms with Crippen molar-refractivity contribution in [3.8, 4) is 0 Å². The van der Waals surface area contributed by atoms with Crippen molar-refractivity contribution in [1.29, 1.82) is 0 Å². The van der Waals surface area contributed by atoms with E-state index in [1.807, 2.05) is 65.6 Å². The minimum Gasteiger partial charge on any atom is -0.496 e. The first-order valence-corrected chi connectivity index (χ1v) is 13.9. The van der Waals surface area contributed by atoms with E-state index in [0.29, 0.717) is 0 Å². The summed E-state index contributed by atoms with van der Waals surface area (Å²) in [5.74, 6) is -3.29. The van der Waals surface area contributed by atoms with E-state index < -0.39 is 34.7 Å². The number of methoxy groups -OCH3 is 2. The molecule has 1 unspecified atom stereocenters. The Labute approximate surface area is 254 Å². The van der Waals surface area contributed by atoms with Crippen LogP contribution in [0.25, 0.3) is 0 Å². The van der Waals surface area contributed by atoms with Crippen LogP contribution in [0.3, 0.4) is 0 Å². The van der Waals surface area contributed by atoms with Crippen LogP contribution in [0.1, 0.15) is 27.0 Å². The van der Waals surface area contributed by atoms with Crippen LogP contribution in [-0.4, -0.2) is 36.8 Å². The molecule has 44 heavy (non-hydrogen) atoms. The number of hydrogen-bond donors (Lipinski definition) is 0. The summed E-state index contributed by atoms with van der Waals surface area (Å²) in [4.78, 5) is 43.6. The van der Waals surface area contributed by atoms with Crippen molar-refractivity contribution in [2.45, 2.75) is 18.7 Å². The molecule has 8 heteroatoms. The van der Waals surface area contributed by atoms with E-state index in [-0.39, 0.29) is 35.7 Å². The molecule has 0 amide bonds. The number of ketones is 1. The third-order valence-electron chi connectivity index (χ3n) is 7.31. The van der Waals surface area contributed by atoms with E-state index in [4.69, 9.17) is 14.2 Å². The van der Waals surface area contributed by atoms with Gasteiger partial charge >= 0.3 is 11.9 Å². The number of benzene rings is 4. The van der Waals surface area contributed by atoms with Crippen molar-refractivity contribution in [1.82, 2.24) is 4.90 Å². The first kappa shape index (κ1) is 30.0. The number of ether oxygens (including phenoxy) is 3. The molecule has 0 N–H and O–H groups in total. The molecule has 0 aliphatic heterocycles. The van der Waals surface area contributed by atoms with Gasteiger partial charge in [0.2, 0.25) is 11.4 Å². The van der Waals surface area contributed by atoms with E-state index in [0.717, 1.165) is 18.2 Å². The number of Topliss-reactive ketones (excluding diaryl/α,β-unsaturated/α-hetero) is 1. The molecule has 1 aliphatic rings. The van der Waals surface area contributed by atoms with Crippen molar-refractivity contribution in [2.75, 3.05) is 14.2 Å². The fraction of sp³-hybridized carbons (Fsp3) is 0.139. The van der Waals surface area contributed by atoms with E-state index in [1.165, 1.54) is 37.5 Å². The summed E-state index contributed by atoms with van der Waals surface area (Å²) in [5.41, 5.74) is -0.321. The molecular weight excluding hydrogens is 561 g/mol. The normalized spacial score (nSPS) is 16.2. The third kappa shape index (κ3) is 6.01. The monoisotopic (exact) mass is 591 g/mol. The number of esters is 2. The molecule has 0 spiro atoms. The molecule has 5 rings (SSSR count). The second kappa shape index (κ2) is 13.2. The van der Waals surface area contributed by atoms with Crippen LogP contribution in [0.15, 0.2) is 138 Å². The summed E-state index contributed by atoms with van der Waals surface area (Å²) in [6.45, 7) is 0.566. The molecule has 0 aromatic heterocycles. The van der Waals surface area contributed by atoms with Gasteiger partial charge in [0.15, 0.2) is 0 Å². The number of hydrogen-bond acceptors (Lipinski definition) is 7. The van der Waals surface area contributed by atoms with Gasteiger partial charge in [-0.2, -0.15) is 0 Å². The van der Waals surface area contributed by atoms with Crippen molar-refractivity contribution in [3.05, 3.63) is 166 Å². The Morgan fingerprint density at radius 2 is 1.25 bits per heavy atom. The number of carbonyl (C=O) groups is 3. The maximum Gasteiger partial charge on any atom is 0.345 e. The number of halogens is 1. The van der Waals surface area contributed by atoms with Gasteiger partial charge in [-0.05, 0) is 35.4 Å². The minimum atomic E-state index is -2.23. The average molecular weight is 592 g/mol. The fourth-order valence-corrected chi connectivity index (χ4v) is 5.20. The smallest absolute Gasteiger partial charge is 0.345 e. The summed E-state index contributed by atoms with van der Waals surface area (Å²) < 4.78 is 31.1. The maximum absolute atomic E-state index is 14.8. The zero-order chi connectivity index (χ0) is 31.1. The maximum atomic E-state index is 14.8. The van der Waals surface area contributed by atoms with Gasteiger partial charge in [-0.1, -0.05) is 91.0 Å². The van der Waals surface area contributed by atoms with Gasteiger partial charge in [0, 0.05) is 24.7 Å². The quantitative estimate of drug-likeness (QED) is 0.162. The number of rotatable bonds is 10. The lowest BCUT2D eigenvalue weighted by atomic mass is 9.77. The molecule has 0 heterocycles. The van der Waals surface area contributed by atoms with Crippen LogP contribution in [0.5, 0.6) is 0 Å². The third-order valence-corrected chi connectivity index (χ3v) is 7.31. The highest BCUT2D eigenvalue weighted by Crippen LogP contribution is 2.45. The van der Waals surface area contributed by atoms with Crippen molar-refractivity contribution >= 4 is 17.7 Å². The van der Waals surface area contributed by atoms with Crippen LogP contribution in [0, 0.1) is 5.82 Å². The lowest BCUT2D eigenvalue weighted by Crippen LogP contribution is -2.51.